The average Bonchev–Trinajstić information content (AvgIpc) is 2.69. The first-order chi connectivity index (χ1) is 14.8. The van der Waals surface area contributed by atoms with Crippen molar-refractivity contribution >= 4 is 11.6 Å². The van der Waals surface area contributed by atoms with Gasteiger partial charge in [-0.25, -0.2) is 0 Å². The maximum absolute atomic E-state index is 12.6. The van der Waals surface area contributed by atoms with Gasteiger partial charge in [-0.15, -0.1) is 0 Å². The molecule has 1 aliphatic carbocycles. The van der Waals surface area contributed by atoms with Gasteiger partial charge in [0.25, 0.3) is 0 Å². The summed E-state index contributed by atoms with van der Waals surface area (Å²) < 4.78 is 0. The molecule has 0 radical (unpaired) electrons. The first-order valence-corrected chi connectivity index (χ1v) is 12.7. The molecule has 3 nitrogen and oxygen atoms in total. The van der Waals surface area contributed by atoms with Gasteiger partial charge in [0, 0.05) is 22.3 Å². The number of hydrogen-bond donors (Lipinski definition) is 1. The number of Topliss-reactive ketones (excluding diaryl/α,β-unsaturated/α-hetero) is 2. The average molecular weight is 445 g/mol. The van der Waals surface area contributed by atoms with Crippen LogP contribution in [-0.4, -0.2) is 22.3 Å². The van der Waals surface area contributed by atoms with Gasteiger partial charge in [-0.1, -0.05) is 44.8 Å². The van der Waals surface area contributed by atoms with Crippen molar-refractivity contribution in [1.82, 2.24) is 0 Å². The molecule has 3 heteroatoms. The standard InChI is InChI=1S/C29H48O3/c1-20(12-9-14-21(2)16-11-19-29(7,8)32)13-10-15-22(3)17-18-26-25(6)27(30)23(4)24(5)28(26)31/h14,20,22,32H,9-13,15-19H2,1-8H3/b21-14+. The molecule has 0 heterocycles. The summed E-state index contributed by atoms with van der Waals surface area (Å²) in [6, 6.07) is 0. The van der Waals surface area contributed by atoms with Crippen LogP contribution in [0.3, 0.4) is 0 Å². The largest absolute Gasteiger partial charge is 0.390 e. The van der Waals surface area contributed by atoms with E-state index in [0.29, 0.717) is 22.6 Å². The molecule has 0 aromatic carbocycles. The molecule has 1 N–H and O–H groups in total. The zero-order valence-corrected chi connectivity index (χ0v) is 22.1. The van der Waals surface area contributed by atoms with Crippen molar-refractivity contribution in [3.05, 3.63) is 33.9 Å². The topological polar surface area (TPSA) is 54.4 Å². The summed E-state index contributed by atoms with van der Waals surface area (Å²) in [5, 5.41) is 9.80. The minimum Gasteiger partial charge on any atom is -0.390 e. The number of rotatable bonds is 14. The fourth-order valence-electron chi connectivity index (χ4n) is 4.47. The lowest BCUT2D eigenvalue weighted by Gasteiger charge is -2.20. The van der Waals surface area contributed by atoms with E-state index in [4.69, 9.17) is 0 Å². The molecule has 0 amide bonds. The fourth-order valence-corrected chi connectivity index (χ4v) is 4.47. The van der Waals surface area contributed by atoms with Crippen LogP contribution >= 0.6 is 0 Å². The summed E-state index contributed by atoms with van der Waals surface area (Å²) >= 11 is 0. The molecular weight excluding hydrogens is 396 g/mol. The summed E-state index contributed by atoms with van der Waals surface area (Å²) in [6.45, 7) is 15.9. The van der Waals surface area contributed by atoms with Crippen molar-refractivity contribution in [2.45, 2.75) is 125 Å². The number of ketones is 2. The van der Waals surface area contributed by atoms with Crippen LogP contribution in [0.1, 0.15) is 120 Å². The van der Waals surface area contributed by atoms with E-state index in [0.717, 1.165) is 50.0 Å². The van der Waals surface area contributed by atoms with E-state index in [-0.39, 0.29) is 11.6 Å². The molecule has 0 bridgehead atoms. The first kappa shape index (κ1) is 28.6. The lowest BCUT2D eigenvalue weighted by atomic mass is 9.82. The highest BCUT2D eigenvalue weighted by atomic mass is 16.3. The van der Waals surface area contributed by atoms with Gasteiger partial charge in [0.05, 0.1) is 5.60 Å². The van der Waals surface area contributed by atoms with E-state index in [9.17, 15) is 14.7 Å². The highest BCUT2D eigenvalue weighted by molar-refractivity contribution is 6.24. The minimum absolute atomic E-state index is 0.0418. The van der Waals surface area contributed by atoms with Gasteiger partial charge in [0.1, 0.15) is 0 Å². The highest BCUT2D eigenvalue weighted by Crippen LogP contribution is 2.29. The highest BCUT2D eigenvalue weighted by Gasteiger charge is 2.27. The zero-order valence-electron chi connectivity index (χ0n) is 22.1. The molecule has 0 saturated carbocycles. The first-order valence-electron chi connectivity index (χ1n) is 12.7. The SMILES string of the molecule is CC1=C(C)C(=O)C(CCC(C)CCCC(C)CC/C=C(\C)CCCC(C)(C)O)=C(C)C1=O. The molecular formula is C29H48O3. The molecule has 0 aromatic rings. The van der Waals surface area contributed by atoms with Gasteiger partial charge in [-0.05, 0) is 98.3 Å². The molecule has 0 fully saturated rings. The van der Waals surface area contributed by atoms with Crippen LogP contribution in [0.2, 0.25) is 0 Å². The monoisotopic (exact) mass is 444 g/mol. The van der Waals surface area contributed by atoms with Crippen molar-refractivity contribution in [2.24, 2.45) is 11.8 Å². The summed E-state index contributed by atoms with van der Waals surface area (Å²) in [4.78, 5) is 24.9. The molecule has 0 aromatic heterocycles. The van der Waals surface area contributed by atoms with Crippen LogP contribution in [0.15, 0.2) is 33.9 Å². The third-order valence-electron chi connectivity index (χ3n) is 7.10. The second kappa shape index (κ2) is 13.3. The molecule has 0 aliphatic heterocycles. The van der Waals surface area contributed by atoms with Crippen molar-refractivity contribution in [3.63, 3.8) is 0 Å². The Bertz CT molecular complexity index is 743. The molecule has 1 rings (SSSR count). The molecule has 0 saturated heterocycles. The van der Waals surface area contributed by atoms with Crippen LogP contribution < -0.4 is 0 Å². The predicted octanol–water partition coefficient (Wildman–Crippen LogP) is 7.68. The minimum atomic E-state index is -0.555. The van der Waals surface area contributed by atoms with E-state index in [1.165, 1.54) is 31.3 Å². The fraction of sp³-hybridized carbons (Fsp3) is 0.724. The number of aliphatic hydroxyl groups is 1. The van der Waals surface area contributed by atoms with Crippen molar-refractivity contribution < 1.29 is 14.7 Å². The van der Waals surface area contributed by atoms with Crippen LogP contribution in [0.25, 0.3) is 0 Å². The summed E-state index contributed by atoms with van der Waals surface area (Å²) in [7, 11) is 0. The van der Waals surface area contributed by atoms with Gasteiger partial charge >= 0.3 is 0 Å². The lowest BCUT2D eigenvalue weighted by molar-refractivity contribution is -0.116. The molecule has 0 spiro atoms. The van der Waals surface area contributed by atoms with Crippen molar-refractivity contribution in [2.75, 3.05) is 0 Å². The van der Waals surface area contributed by atoms with Crippen molar-refractivity contribution in [3.8, 4) is 0 Å². The van der Waals surface area contributed by atoms with Crippen LogP contribution in [0, 0.1) is 11.8 Å². The van der Waals surface area contributed by atoms with E-state index in [1.54, 1.807) is 20.8 Å². The van der Waals surface area contributed by atoms with Gasteiger partial charge in [0.15, 0.2) is 11.6 Å². The Kier molecular flexibility index (Phi) is 11.9. The summed E-state index contributed by atoms with van der Waals surface area (Å²) in [6.07, 6.45) is 13.1. The Hall–Kier alpha value is -1.48. The summed E-state index contributed by atoms with van der Waals surface area (Å²) in [5.41, 5.74) is 3.51. The number of carbonyl (C=O) groups excluding carboxylic acids is 2. The maximum Gasteiger partial charge on any atom is 0.185 e. The van der Waals surface area contributed by atoms with Crippen molar-refractivity contribution in [1.29, 1.82) is 0 Å². The van der Waals surface area contributed by atoms with Crippen LogP contribution in [0.4, 0.5) is 0 Å². The van der Waals surface area contributed by atoms with Crippen LogP contribution in [-0.2, 0) is 9.59 Å². The Morgan fingerprint density at radius 3 is 2.03 bits per heavy atom. The maximum atomic E-state index is 12.6. The molecule has 182 valence electrons. The quantitative estimate of drug-likeness (QED) is 0.221. The van der Waals surface area contributed by atoms with Gasteiger partial charge in [0.2, 0.25) is 0 Å². The predicted molar refractivity (Wildman–Crippen MR) is 136 cm³/mol. The van der Waals surface area contributed by atoms with Gasteiger partial charge < -0.3 is 5.11 Å². The molecule has 32 heavy (non-hydrogen) atoms. The Balaban J connectivity index is 2.28. The second-order valence-corrected chi connectivity index (χ2v) is 11.0. The number of hydrogen-bond acceptors (Lipinski definition) is 3. The number of allylic oxidation sites excluding steroid dienone is 6. The molecule has 2 atom stereocenters. The molecule has 2 unspecified atom stereocenters. The Morgan fingerprint density at radius 2 is 1.44 bits per heavy atom. The normalized spacial score (nSPS) is 18.0. The van der Waals surface area contributed by atoms with Crippen LogP contribution in [0.5, 0.6) is 0 Å². The van der Waals surface area contributed by atoms with E-state index in [2.05, 4.69) is 26.8 Å². The molecule has 1 aliphatic rings. The van der Waals surface area contributed by atoms with Gasteiger partial charge in [-0.2, -0.15) is 0 Å². The van der Waals surface area contributed by atoms with Gasteiger partial charge in [-0.3, -0.25) is 9.59 Å². The van der Waals surface area contributed by atoms with E-state index >= 15 is 0 Å². The lowest BCUT2D eigenvalue weighted by Crippen LogP contribution is -2.21. The Morgan fingerprint density at radius 1 is 0.875 bits per heavy atom. The summed E-state index contributed by atoms with van der Waals surface area (Å²) in [5.74, 6) is 1.40. The smallest absolute Gasteiger partial charge is 0.185 e. The second-order valence-electron chi connectivity index (χ2n) is 11.0. The number of carbonyl (C=O) groups is 2. The van der Waals surface area contributed by atoms with E-state index in [1.807, 2.05) is 13.8 Å². The third-order valence-corrected chi connectivity index (χ3v) is 7.10. The third kappa shape index (κ3) is 9.98. The zero-order chi connectivity index (χ0) is 24.5. The van der Waals surface area contributed by atoms with E-state index < -0.39 is 5.60 Å². The Labute approximate surface area is 197 Å².